The van der Waals surface area contributed by atoms with E-state index in [2.05, 4.69) is 26.1 Å². The van der Waals surface area contributed by atoms with Gasteiger partial charge in [0.25, 0.3) is 5.91 Å². The number of likely N-dealkylation sites (tertiary alicyclic amines) is 1. The van der Waals surface area contributed by atoms with E-state index in [9.17, 15) is 4.79 Å². The first-order valence-electron chi connectivity index (χ1n) is 6.55. The molecule has 2 aromatic heterocycles. The van der Waals surface area contributed by atoms with Gasteiger partial charge < -0.3 is 14.2 Å². The molecule has 7 heteroatoms. The van der Waals surface area contributed by atoms with E-state index in [1.807, 2.05) is 12.1 Å². The van der Waals surface area contributed by atoms with Crippen molar-refractivity contribution in [1.82, 2.24) is 15.0 Å². The van der Waals surface area contributed by atoms with Crippen LogP contribution < -0.4 is 4.74 Å². The van der Waals surface area contributed by atoms with Crippen LogP contribution in [0.2, 0.25) is 0 Å². The van der Waals surface area contributed by atoms with Crippen molar-refractivity contribution in [2.75, 3.05) is 13.1 Å². The second kappa shape index (κ2) is 5.48. The Morgan fingerprint density at radius 1 is 1.48 bits per heavy atom. The summed E-state index contributed by atoms with van der Waals surface area (Å²) in [6.45, 7) is 4.58. The summed E-state index contributed by atoms with van der Waals surface area (Å²) in [5.74, 6) is 1.03. The molecule has 0 spiro atoms. The molecular weight excluding hydrogens is 338 g/mol. The molecule has 0 N–H and O–H groups in total. The van der Waals surface area contributed by atoms with Crippen LogP contribution in [0, 0.1) is 13.8 Å². The van der Waals surface area contributed by atoms with Crippen molar-refractivity contribution in [2.24, 2.45) is 0 Å². The third-order valence-corrected chi connectivity index (χ3v) is 3.99. The minimum atomic E-state index is -0.0637. The highest BCUT2D eigenvalue weighted by atomic mass is 79.9. The molecule has 0 saturated carbocycles. The Balaban J connectivity index is 1.61. The molecular formula is C14H14BrN3O3. The maximum atomic E-state index is 12.3. The lowest BCUT2D eigenvalue weighted by atomic mass is 10.1. The predicted molar refractivity (Wildman–Crippen MR) is 78.2 cm³/mol. The number of halogens is 1. The standard InChI is InChI=1S/C14H14BrN3O3/c1-8-12(9(2)21-17-8)14(19)18-6-10(7-18)20-13-11(15)4-3-5-16-13/h3-5,10H,6-7H2,1-2H3. The van der Waals surface area contributed by atoms with Gasteiger partial charge in [0.05, 0.1) is 23.3 Å². The maximum Gasteiger partial charge on any atom is 0.259 e. The van der Waals surface area contributed by atoms with Gasteiger partial charge in [-0.05, 0) is 41.9 Å². The lowest BCUT2D eigenvalue weighted by molar-refractivity contribution is 0.0155. The Morgan fingerprint density at radius 3 is 2.86 bits per heavy atom. The Kier molecular flexibility index (Phi) is 3.67. The number of pyridine rings is 1. The first kappa shape index (κ1) is 14.1. The highest BCUT2D eigenvalue weighted by Crippen LogP contribution is 2.25. The Hall–Kier alpha value is -1.89. The van der Waals surface area contributed by atoms with Crippen LogP contribution >= 0.6 is 15.9 Å². The number of carbonyl (C=O) groups excluding carboxylic acids is 1. The summed E-state index contributed by atoms with van der Waals surface area (Å²) in [5, 5.41) is 3.81. The van der Waals surface area contributed by atoms with Crippen molar-refractivity contribution in [3.8, 4) is 5.88 Å². The Labute approximate surface area is 130 Å². The van der Waals surface area contributed by atoms with Gasteiger partial charge in [0.2, 0.25) is 5.88 Å². The molecule has 6 nitrogen and oxygen atoms in total. The summed E-state index contributed by atoms with van der Waals surface area (Å²) in [6.07, 6.45) is 1.63. The Morgan fingerprint density at radius 2 is 2.24 bits per heavy atom. The van der Waals surface area contributed by atoms with Crippen molar-refractivity contribution < 1.29 is 14.1 Å². The van der Waals surface area contributed by atoms with Crippen LogP contribution in [-0.2, 0) is 0 Å². The van der Waals surface area contributed by atoms with E-state index in [1.54, 1.807) is 24.9 Å². The number of aryl methyl sites for hydroxylation is 2. The van der Waals surface area contributed by atoms with Crippen molar-refractivity contribution in [2.45, 2.75) is 20.0 Å². The molecule has 3 heterocycles. The van der Waals surface area contributed by atoms with Gasteiger partial charge in [-0.1, -0.05) is 5.16 Å². The second-order valence-corrected chi connectivity index (χ2v) is 5.79. The third kappa shape index (κ3) is 2.65. The monoisotopic (exact) mass is 351 g/mol. The summed E-state index contributed by atoms with van der Waals surface area (Å²) >= 11 is 3.38. The van der Waals surface area contributed by atoms with Gasteiger partial charge in [0.1, 0.15) is 17.4 Å². The molecule has 1 aliphatic rings. The van der Waals surface area contributed by atoms with E-state index in [0.29, 0.717) is 36.0 Å². The summed E-state index contributed by atoms with van der Waals surface area (Å²) < 4.78 is 11.6. The SMILES string of the molecule is Cc1noc(C)c1C(=O)N1CC(Oc2ncccc2Br)C1. The molecule has 1 amide bonds. The first-order chi connectivity index (χ1) is 10.1. The van der Waals surface area contributed by atoms with Gasteiger partial charge in [0, 0.05) is 6.20 Å². The van der Waals surface area contributed by atoms with Crippen LogP contribution in [0.3, 0.4) is 0 Å². The number of aromatic nitrogens is 2. The van der Waals surface area contributed by atoms with Crippen LogP contribution in [0.1, 0.15) is 21.8 Å². The van der Waals surface area contributed by atoms with E-state index >= 15 is 0 Å². The molecule has 0 bridgehead atoms. The van der Waals surface area contributed by atoms with Gasteiger partial charge in [-0.25, -0.2) is 4.98 Å². The van der Waals surface area contributed by atoms with Crippen molar-refractivity contribution in [3.05, 3.63) is 39.8 Å². The molecule has 0 atom stereocenters. The lowest BCUT2D eigenvalue weighted by Gasteiger charge is -2.38. The zero-order chi connectivity index (χ0) is 15.0. The largest absolute Gasteiger partial charge is 0.470 e. The number of nitrogens with zero attached hydrogens (tertiary/aromatic N) is 3. The van der Waals surface area contributed by atoms with Gasteiger partial charge in [0.15, 0.2) is 0 Å². The molecule has 0 radical (unpaired) electrons. The van der Waals surface area contributed by atoms with Crippen LogP contribution in [0.5, 0.6) is 5.88 Å². The van der Waals surface area contributed by atoms with Crippen molar-refractivity contribution in [3.63, 3.8) is 0 Å². The highest BCUT2D eigenvalue weighted by Gasteiger charge is 2.35. The zero-order valence-electron chi connectivity index (χ0n) is 11.7. The molecule has 21 heavy (non-hydrogen) atoms. The lowest BCUT2D eigenvalue weighted by Crippen LogP contribution is -2.56. The Bertz CT molecular complexity index is 660. The molecule has 110 valence electrons. The van der Waals surface area contributed by atoms with Gasteiger partial charge in [-0.2, -0.15) is 0 Å². The number of carbonyl (C=O) groups is 1. The molecule has 0 aliphatic carbocycles. The maximum absolute atomic E-state index is 12.3. The van der Waals surface area contributed by atoms with Crippen LogP contribution in [-0.4, -0.2) is 40.1 Å². The molecule has 0 unspecified atom stereocenters. The summed E-state index contributed by atoms with van der Waals surface area (Å²) in [7, 11) is 0. The molecule has 3 rings (SSSR count). The minimum Gasteiger partial charge on any atom is -0.470 e. The number of rotatable bonds is 3. The highest BCUT2D eigenvalue weighted by molar-refractivity contribution is 9.10. The summed E-state index contributed by atoms with van der Waals surface area (Å²) in [6, 6.07) is 3.69. The molecule has 1 saturated heterocycles. The van der Waals surface area contributed by atoms with E-state index in [0.717, 1.165) is 4.47 Å². The van der Waals surface area contributed by atoms with Crippen LogP contribution in [0.25, 0.3) is 0 Å². The van der Waals surface area contributed by atoms with E-state index < -0.39 is 0 Å². The fraction of sp³-hybridized carbons (Fsp3) is 0.357. The topological polar surface area (TPSA) is 68.5 Å². The molecule has 1 aliphatic heterocycles. The van der Waals surface area contributed by atoms with E-state index in [1.165, 1.54) is 0 Å². The number of hydrogen-bond acceptors (Lipinski definition) is 5. The predicted octanol–water partition coefficient (Wildman–Crippen LogP) is 2.35. The van der Waals surface area contributed by atoms with Crippen molar-refractivity contribution >= 4 is 21.8 Å². The van der Waals surface area contributed by atoms with E-state index in [4.69, 9.17) is 9.26 Å². The molecule has 1 fully saturated rings. The quantitative estimate of drug-likeness (QED) is 0.848. The number of hydrogen-bond donors (Lipinski definition) is 0. The van der Waals surface area contributed by atoms with Gasteiger partial charge in [-0.3, -0.25) is 4.79 Å². The van der Waals surface area contributed by atoms with Crippen LogP contribution in [0.4, 0.5) is 0 Å². The molecule has 0 aromatic carbocycles. The van der Waals surface area contributed by atoms with Gasteiger partial charge in [-0.15, -0.1) is 0 Å². The average Bonchev–Trinajstić information content (AvgIpc) is 2.74. The zero-order valence-corrected chi connectivity index (χ0v) is 13.3. The van der Waals surface area contributed by atoms with Crippen LogP contribution in [0.15, 0.2) is 27.3 Å². The number of amides is 1. The summed E-state index contributed by atoms with van der Waals surface area (Å²) in [5.41, 5.74) is 1.17. The van der Waals surface area contributed by atoms with Crippen molar-refractivity contribution in [1.29, 1.82) is 0 Å². The first-order valence-corrected chi connectivity index (χ1v) is 7.35. The fourth-order valence-corrected chi connectivity index (χ4v) is 2.59. The number of ether oxygens (including phenoxy) is 1. The molecule has 2 aromatic rings. The van der Waals surface area contributed by atoms with Gasteiger partial charge >= 0.3 is 0 Å². The third-order valence-electron chi connectivity index (χ3n) is 3.39. The average molecular weight is 352 g/mol. The van der Waals surface area contributed by atoms with E-state index in [-0.39, 0.29) is 12.0 Å². The minimum absolute atomic E-state index is 0.0411. The fourth-order valence-electron chi connectivity index (χ4n) is 2.24. The summed E-state index contributed by atoms with van der Waals surface area (Å²) in [4.78, 5) is 18.2. The smallest absolute Gasteiger partial charge is 0.259 e. The normalized spacial score (nSPS) is 14.9. The second-order valence-electron chi connectivity index (χ2n) is 4.94.